The van der Waals surface area contributed by atoms with Crippen molar-refractivity contribution < 1.29 is 14.6 Å². The summed E-state index contributed by atoms with van der Waals surface area (Å²) in [7, 11) is 0. The second-order valence-corrected chi connectivity index (χ2v) is 3.05. The predicted molar refractivity (Wildman–Crippen MR) is 52.1 cm³/mol. The highest BCUT2D eigenvalue weighted by Crippen LogP contribution is 2.11. The molecule has 4 heteroatoms. The number of carbonyl (C=O) groups is 1. The number of nitrogens with two attached hydrogens (primary N) is 1. The molecule has 3 N–H and O–H groups in total. The van der Waals surface area contributed by atoms with Crippen LogP contribution in [0, 0.1) is 0 Å². The van der Waals surface area contributed by atoms with Crippen LogP contribution in [0.25, 0.3) is 0 Å². The Bertz CT molecular complexity index is 306. The summed E-state index contributed by atoms with van der Waals surface area (Å²) in [5, 5.41) is 8.96. The Labute approximate surface area is 82.3 Å². The zero-order chi connectivity index (χ0) is 10.6. The first-order chi connectivity index (χ1) is 6.59. The summed E-state index contributed by atoms with van der Waals surface area (Å²) in [6, 6.07) is 6.45. The standard InChI is InChI=1S/C10H13NO3/c1-7(12)6-14-9-4-2-8(3-5-9)10(11)13/h2-5,7,12H,6H2,1H3,(H2,11,13)/t7-/m1/s1. The quantitative estimate of drug-likeness (QED) is 0.736. The van der Waals surface area contributed by atoms with E-state index in [0.717, 1.165) is 0 Å². The molecule has 0 heterocycles. The summed E-state index contributed by atoms with van der Waals surface area (Å²) in [6.07, 6.45) is -0.509. The molecule has 0 aliphatic heterocycles. The van der Waals surface area contributed by atoms with Crippen molar-refractivity contribution in [3.63, 3.8) is 0 Å². The molecule has 4 nitrogen and oxygen atoms in total. The van der Waals surface area contributed by atoms with E-state index >= 15 is 0 Å². The molecule has 1 amide bonds. The molecule has 0 spiro atoms. The van der Waals surface area contributed by atoms with Crippen molar-refractivity contribution in [2.24, 2.45) is 5.73 Å². The second kappa shape index (κ2) is 4.62. The lowest BCUT2D eigenvalue weighted by molar-refractivity contribution is 0.0999. The number of ether oxygens (including phenoxy) is 1. The van der Waals surface area contributed by atoms with Crippen LogP contribution in [0.3, 0.4) is 0 Å². The molecule has 0 bridgehead atoms. The fourth-order valence-corrected chi connectivity index (χ4v) is 0.932. The van der Waals surface area contributed by atoms with Gasteiger partial charge in [-0.1, -0.05) is 0 Å². The fourth-order valence-electron chi connectivity index (χ4n) is 0.932. The molecule has 0 saturated heterocycles. The number of amides is 1. The average Bonchev–Trinajstić information content (AvgIpc) is 2.15. The highest BCUT2D eigenvalue weighted by Gasteiger charge is 2.01. The Hall–Kier alpha value is -1.55. The van der Waals surface area contributed by atoms with Crippen LogP contribution in [0.4, 0.5) is 0 Å². The minimum Gasteiger partial charge on any atom is -0.491 e. The first kappa shape index (κ1) is 10.5. The Morgan fingerprint density at radius 1 is 1.50 bits per heavy atom. The second-order valence-electron chi connectivity index (χ2n) is 3.05. The summed E-state index contributed by atoms with van der Waals surface area (Å²) in [5.41, 5.74) is 5.51. The number of primary amides is 1. The number of aliphatic hydroxyl groups excluding tert-OH is 1. The molecule has 14 heavy (non-hydrogen) atoms. The van der Waals surface area contributed by atoms with E-state index in [9.17, 15) is 4.79 Å². The summed E-state index contributed by atoms with van der Waals surface area (Å²) >= 11 is 0. The van der Waals surface area contributed by atoms with Crippen LogP contribution in [-0.4, -0.2) is 23.7 Å². The molecule has 1 aromatic carbocycles. The molecule has 0 aliphatic carbocycles. The van der Waals surface area contributed by atoms with Gasteiger partial charge in [0.25, 0.3) is 0 Å². The van der Waals surface area contributed by atoms with Gasteiger partial charge in [-0.25, -0.2) is 0 Å². The number of aliphatic hydroxyl groups is 1. The number of hydrogen-bond acceptors (Lipinski definition) is 3. The SMILES string of the molecule is C[C@@H](O)COc1ccc(C(N)=O)cc1. The molecule has 76 valence electrons. The lowest BCUT2D eigenvalue weighted by Gasteiger charge is -2.07. The zero-order valence-electron chi connectivity index (χ0n) is 7.93. The highest BCUT2D eigenvalue weighted by molar-refractivity contribution is 5.92. The van der Waals surface area contributed by atoms with E-state index in [1.54, 1.807) is 31.2 Å². The van der Waals surface area contributed by atoms with Crippen LogP contribution in [-0.2, 0) is 0 Å². The van der Waals surface area contributed by atoms with Gasteiger partial charge in [-0.3, -0.25) is 4.79 Å². The van der Waals surface area contributed by atoms with Crippen LogP contribution in [0.1, 0.15) is 17.3 Å². The number of hydrogen-bond donors (Lipinski definition) is 2. The minimum atomic E-state index is -0.509. The van der Waals surface area contributed by atoms with Gasteiger partial charge in [-0.05, 0) is 31.2 Å². The largest absolute Gasteiger partial charge is 0.491 e. The predicted octanol–water partition coefficient (Wildman–Crippen LogP) is 0.545. The van der Waals surface area contributed by atoms with Gasteiger partial charge in [0.15, 0.2) is 0 Å². The first-order valence-corrected chi connectivity index (χ1v) is 4.30. The van der Waals surface area contributed by atoms with Gasteiger partial charge in [-0.2, -0.15) is 0 Å². The van der Waals surface area contributed by atoms with Gasteiger partial charge >= 0.3 is 0 Å². The van der Waals surface area contributed by atoms with Crippen LogP contribution in [0.2, 0.25) is 0 Å². The molecule has 0 unspecified atom stereocenters. The minimum absolute atomic E-state index is 0.232. The fraction of sp³-hybridized carbons (Fsp3) is 0.300. The molecule has 1 atom stereocenters. The third kappa shape index (κ3) is 3.06. The molecule has 0 fully saturated rings. The van der Waals surface area contributed by atoms with E-state index in [-0.39, 0.29) is 6.61 Å². The first-order valence-electron chi connectivity index (χ1n) is 4.30. The Balaban J connectivity index is 2.60. The summed E-state index contributed by atoms with van der Waals surface area (Å²) in [6.45, 7) is 1.87. The zero-order valence-corrected chi connectivity index (χ0v) is 7.93. The van der Waals surface area contributed by atoms with E-state index in [4.69, 9.17) is 15.6 Å². The normalized spacial score (nSPS) is 12.1. The Morgan fingerprint density at radius 3 is 2.50 bits per heavy atom. The van der Waals surface area contributed by atoms with E-state index in [1.165, 1.54) is 0 Å². The van der Waals surface area contributed by atoms with Crippen LogP contribution < -0.4 is 10.5 Å². The highest BCUT2D eigenvalue weighted by atomic mass is 16.5. The molecular weight excluding hydrogens is 182 g/mol. The summed E-state index contributed by atoms with van der Waals surface area (Å²) < 4.78 is 5.20. The van der Waals surface area contributed by atoms with E-state index in [0.29, 0.717) is 11.3 Å². The smallest absolute Gasteiger partial charge is 0.248 e. The molecule has 0 radical (unpaired) electrons. The Morgan fingerprint density at radius 2 is 2.07 bits per heavy atom. The van der Waals surface area contributed by atoms with Gasteiger partial charge < -0.3 is 15.6 Å². The average molecular weight is 195 g/mol. The van der Waals surface area contributed by atoms with Crippen molar-refractivity contribution in [2.75, 3.05) is 6.61 Å². The maximum atomic E-state index is 10.7. The van der Waals surface area contributed by atoms with Gasteiger partial charge in [0.2, 0.25) is 5.91 Å². The summed E-state index contributed by atoms with van der Waals surface area (Å²) in [4.78, 5) is 10.7. The van der Waals surface area contributed by atoms with Gasteiger partial charge in [0, 0.05) is 5.56 Å². The van der Waals surface area contributed by atoms with E-state index in [1.807, 2.05) is 0 Å². The van der Waals surface area contributed by atoms with Crippen LogP contribution in [0.5, 0.6) is 5.75 Å². The van der Waals surface area contributed by atoms with Crippen LogP contribution in [0.15, 0.2) is 24.3 Å². The van der Waals surface area contributed by atoms with Crippen molar-refractivity contribution in [1.82, 2.24) is 0 Å². The van der Waals surface area contributed by atoms with Crippen molar-refractivity contribution in [2.45, 2.75) is 13.0 Å². The lowest BCUT2D eigenvalue weighted by atomic mass is 10.2. The van der Waals surface area contributed by atoms with E-state index in [2.05, 4.69) is 0 Å². The molecule has 1 aromatic rings. The third-order valence-electron chi connectivity index (χ3n) is 1.63. The topological polar surface area (TPSA) is 72.6 Å². The van der Waals surface area contributed by atoms with Gasteiger partial charge in [0.05, 0.1) is 6.10 Å². The lowest BCUT2D eigenvalue weighted by Crippen LogP contribution is -2.13. The van der Waals surface area contributed by atoms with Crippen molar-refractivity contribution in [1.29, 1.82) is 0 Å². The number of rotatable bonds is 4. The monoisotopic (exact) mass is 195 g/mol. The molecule has 0 saturated carbocycles. The maximum Gasteiger partial charge on any atom is 0.248 e. The van der Waals surface area contributed by atoms with Gasteiger partial charge in [0.1, 0.15) is 12.4 Å². The third-order valence-corrected chi connectivity index (χ3v) is 1.63. The van der Waals surface area contributed by atoms with Crippen LogP contribution >= 0.6 is 0 Å². The van der Waals surface area contributed by atoms with Crippen molar-refractivity contribution in [3.8, 4) is 5.75 Å². The summed E-state index contributed by atoms with van der Waals surface area (Å²) in [5.74, 6) is 0.142. The molecular formula is C10H13NO3. The van der Waals surface area contributed by atoms with Crippen molar-refractivity contribution >= 4 is 5.91 Å². The molecule has 1 rings (SSSR count). The Kier molecular flexibility index (Phi) is 3.48. The van der Waals surface area contributed by atoms with Crippen molar-refractivity contribution in [3.05, 3.63) is 29.8 Å². The number of benzene rings is 1. The van der Waals surface area contributed by atoms with Gasteiger partial charge in [-0.15, -0.1) is 0 Å². The number of carbonyl (C=O) groups excluding carboxylic acids is 1. The maximum absolute atomic E-state index is 10.7. The molecule has 0 aliphatic rings. The molecule has 0 aromatic heterocycles. The van der Waals surface area contributed by atoms with E-state index < -0.39 is 12.0 Å².